The van der Waals surface area contributed by atoms with Crippen LogP contribution in [0.25, 0.3) is 0 Å². The van der Waals surface area contributed by atoms with Gasteiger partial charge in [0.2, 0.25) is 0 Å². The third-order valence-corrected chi connectivity index (χ3v) is 1.86. The van der Waals surface area contributed by atoms with Crippen LogP contribution in [0.15, 0.2) is 26.3 Å². The summed E-state index contributed by atoms with van der Waals surface area (Å²) < 4.78 is 9.36. The van der Waals surface area contributed by atoms with Gasteiger partial charge in [-0.15, -0.1) is 26.3 Å². The molecule has 0 radical (unpaired) electrons. The summed E-state index contributed by atoms with van der Waals surface area (Å²) in [5.74, 6) is -2.72. The van der Waals surface area contributed by atoms with Crippen molar-refractivity contribution in [3.63, 3.8) is 0 Å². The highest BCUT2D eigenvalue weighted by Gasteiger charge is 2.31. The first-order valence-electron chi connectivity index (χ1n) is 8.24. The fourth-order valence-electron chi connectivity index (χ4n) is 0.802. The highest BCUT2D eigenvalue weighted by molar-refractivity contribution is 5.84. The molecule has 2 atom stereocenters. The summed E-state index contributed by atoms with van der Waals surface area (Å²) >= 11 is 0. The molecule has 0 fully saturated rings. The molecule has 27 heavy (non-hydrogen) atoms. The molecular formula is C18H38O9. The molecule has 0 amide bonds. The summed E-state index contributed by atoms with van der Waals surface area (Å²) in [7, 11) is 0. The van der Waals surface area contributed by atoms with Gasteiger partial charge in [0.15, 0.2) is 12.2 Å². The van der Waals surface area contributed by atoms with Crippen LogP contribution in [0.3, 0.4) is 0 Å². The maximum absolute atomic E-state index is 10.9. The molecule has 0 aromatic rings. The largest absolute Gasteiger partial charge is 0.479 e. The lowest BCUT2D eigenvalue weighted by molar-refractivity contribution is -0.170. The Morgan fingerprint density at radius 3 is 1.44 bits per heavy atom. The molecule has 0 aliphatic carbocycles. The van der Waals surface area contributed by atoms with Crippen LogP contribution in [0.5, 0.6) is 0 Å². The Kier molecular flexibility index (Phi) is 42.8. The molecule has 2 unspecified atom stereocenters. The molecule has 0 bridgehead atoms. The molecule has 0 aliphatic rings. The van der Waals surface area contributed by atoms with Crippen molar-refractivity contribution < 1.29 is 44.6 Å². The van der Waals surface area contributed by atoms with Crippen molar-refractivity contribution in [3.8, 4) is 0 Å². The zero-order valence-corrected chi connectivity index (χ0v) is 17.0. The van der Waals surface area contributed by atoms with Crippen LogP contribution in [0.2, 0.25) is 0 Å². The van der Waals surface area contributed by atoms with Crippen molar-refractivity contribution in [2.75, 3.05) is 33.0 Å². The lowest BCUT2D eigenvalue weighted by Gasteiger charge is -2.14. The van der Waals surface area contributed by atoms with Gasteiger partial charge >= 0.3 is 11.9 Å². The minimum absolute atomic E-state index is 0.0717. The maximum atomic E-state index is 10.9. The van der Waals surface area contributed by atoms with E-state index in [0.29, 0.717) is 0 Å². The number of esters is 1. The second kappa shape index (κ2) is 31.9. The Morgan fingerprint density at radius 2 is 1.26 bits per heavy atom. The Hall–Kier alpha value is -1.78. The molecule has 0 aliphatic heterocycles. The van der Waals surface area contributed by atoms with Crippen LogP contribution in [-0.4, -0.2) is 82.7 Å². The third kappa shape index (κ3) is 36.0. The van der Waals surface area contributed by atoms with Crippen LogP contribution >= 0.6 is 0 Å². The smallest absolute Gasteiger partial charge is 0.338 e. The number of aliphatic hydroxyl groups is 4. The van der Waals surface area contributed by atoms with Gasteiger partial charge in [0.1, 0.15) is 0 Å². The van der Waals surface area contributed by atoms with Crippen LogP contribution in [0, 0.1) is 5.92 Å². The summed E-state index contributed by atoms with van der Waals surface area (Å²) in [6, 6.07) is 0. The van der Waals surface area contributed by atoms with E-state index in [1.54, 1.807) is 13.8 Å². The van der Waals surface area contributed by atoms with Crippen molar-refractivity contribution in [2.24, 2.45) is 5.92 Å². The van der Waals surface area contributed by atoms with E-state index in [9.17, 15) is 9.59 Å². The zero-order valence-electron chi connectivity index (χ0n) is 17.0. The standard InChI is InChI=1S/C8H14O6.C4H10O.C2H6O2.2C2H4/c1-4(2)3-14-8(13)6(10)5(9)7(11)12;1-3-5-4-2;3-1-2-4;2*1-2/h4-6,9-10H,3H2,1-2H3,(H,11,12);3-4H2,1-2H3;3-4H,1-2H2;2*1-2H2. The van der Waals surface area contributed by atoms with E-state index in [2.05, 4.69) is 31.1 Å². The molecule has 9 nitrogen and oxygen atoms in total. The number of hydrogen-bond donors (Lipinski definition) is 5. The number of aliphatic hydroxyl groups excluding tert-OH is 4. The first-order chi connectivity index (χ1) is 12.7. The minimum atomic E-state index is -2.14. The van der Waals surface area contributed by atoms with E-state index >= 15 is 0 Å². The van der Waals surface area contributed by atoms with Crippen molar-refractivity contribution in [1.82, 2.24) is 0 Å². The number of hydrogen-bond acceptors (Lipinski definition) is 8. The van der Waals surface area contributed by atoms with Crippen LogP contribution in [0.1, 0.15) is 27.7 Å². The second-order valence-corrected chi connectivity index (χ2v) is 4.48. The van der Waals surface area contributed by atoms with E-state index in [0.717, 1.165) is 13.2 Å². The van der Waals surface area contributed by atoms with Crippen LogP contribution in [0.4, 0.5) is 0 Å². The molecule has 0 spiro atoms. The molecule has 0 heterocycles. The molecule has 0 saturated heterocycles. The highest BCUT2D eigenvalue weighted by atomic mass is 16.6. The molecule has 0 aromatic carbocycles. The van der Waals surface area contributed by atoms with Gasteiger partial charge in [-0.05, 0) is 19.8 Å². The fraction of sp³-hybridized carbons (Fsp3) is 0.667. The number of carboxylic acid groups (broad SMARTS) is 1. The number of carboxylic acids is 1. The van der Waals surface area contributed by atoms with Gasteiger partial charge in [-0.2, -0.15) is 0 Å². The van der Waals surface area contributed by atoms with E-state index < -0.39 is 24.1 Å². The predicted molar refractivity (Wildman–Crippen MR) is 104 cm³/mol. The monoisotopic (exact) mass is 398 g/mol. The summed E-state index contributed by atoms with van der Waals surface area (Å²) in [5.41, 5.74) is 0. The fourth-order valence-corrected chi connectivity index (χ4v) is 0.802. The van der Waals surface area contributed by atoms with Gasteiger partial charge in [-0.3, -0.25) is 0 Å². The minimum Gasteiger partial charge on any atom is -0.479 e. The molecule has 164 valence electrons. The van der Waals surface area contributed by atoms with Gasteiger partial charge in [-0.1, -0.05) is 13.8 Å². The van der Waals surface area contributed by atoms with Gasteiger partial charge in [0, 0.05) is 13.2 Å². The lowest BCUT2D eigenvalue weighted by Crippen LogP contribution is -2.40. The van der Waals surface area contributed by atoms with Crippen molar-refractivity contribution >= 4 is 11.9 Å². The van der Waals surface area contributed by atoms with Crippen molar-refractivity contribution in [2.45, 2.75) is 39.9 Å². The molecule has 0 aromatic heterocycles. The number of ether oxygens (including phenoxy) is 2. The van der Waals surface area contributed by atoms with Crippen molar-refractivity contribution in [3.05, 3.63) is 26.3 Å². The maximum Gasteiger partial charge on any atom is 0.338 e. The third-order valence-electron chi connectivity index (χ3n) is 1.86. The van der Waals surface area contributed by atoms with Gasteiger partial charge in [0.25, 0.3) is 0 Å². The summed E-state index contributed by atoms with van der Waals surface area (Å²) in [6.45, 7) is 21.1. The van der Waals surface area contributed by atoms with E-state index in [-0.39, 0.29) is 25.7 Å². The number of rotatable bonds is 8. The second-order valence-electron chi connectivity index (χ2n) is 4.48. The number of carbonyl (C=O) groups is 2. The quantitative estimate of drug-likeness (QED) is 0.292. The summed E-state index contributed by atoms with van der Waals surface area (Å²) in [6.07, 6.45) is -4.18. The first-order valence-corrected chi connectivity index (χ1v) is 8.24. The van der Waals surface area contributed by atoms with E-state index in [4.69, 9.17) is 30.3 Å². The van der Waals surface area contributed by atoms with Crippen molar-refractivity contribution in [1.29, 1.82) is 0 Å². The molecule has 0 saturated carbocycles. The Bertz CT molecular complexity index is 303. The zero-order chi connectivity index (χ0) is 22.8. The van der Waals surface area contributed by atoms with Gasteiger partial charge in [0.05, 0.1) is 19.8 Å². The average molecular weight is 398 g/mol. The van der Waals surface area contributed by atoms with Crippen LogP contribution in [-0.2, 0) is 19.1 Å². The highest BCUT2D eigenvalue weighted by Crippen LogP contribution is 2.00. The van der Waals surface area contributed by atoms with E-state index in [1.165, 1.54) is 0 Å². The van der Waals surface area contributed by atoms with Gasteiger partial charge in [-0.25, -0.2) is 9.59 Å². The Labute approximate surface area is 162 Å². The predicted octanol–water partition coefficient (Wildman–Crippen LogP) is 0.610. The number of carbonyl (C=O) groups excluding carboxylic acids is 1. The molecule has 0 rings (SSSR count). The first kappa shape index (κ1) is 36.2. The Balaban J connectivity index is -0.000000102. The van der Waals surface area contributed by atoms with E-state index in [1.807, 2.05) is 13.8 Å². The average Bonchev–Trinajstić information content (AvgIpc) is 2.69. The summed E-state index contributed by atoms with van der Waals surface area (Å²) in [4.78, 5) is 21.1. The summed E-state index contributed by atoms with van der Waals surface area (Å²) in [5, 5.41) is 41.3. The SMILES string of the molecule is C=C.C=C.CC(C)COC(=O)C(O)C(O)C(=O)O.CCOCC.OCCO. The molecular weight excluding hydrogens is 360 g/mol. The lowest BCUT2D eigenvalue weighted by atomic mass is 10.2. The normalized spacial score (nSPS) is 10.7. The topological polar surface area (TPSA) is 154 Å². The number of aliphatic carboxylic acids is 1. The molecule has 5 N–H and O–H groups in total. The van der Waals surface area contributed by atoms with Crippen LogP contribution < -0.4 is 0 Å². The van der Waals surface area contributed by atoms with Gasteiger partial charge < -0.3 is 35.0 Å². The molecule has 9 heteroatoms. The Morgan fingerprint density at radius 1 is 0.889 bits per heavy atom.